The summed E-state index contributed by atoms with van der Waals surface area (Å²) in [6, 6.07) is 1.47. The molecule has 0 bridgehead atoms. The van der Waals surface area contributed by atoms with Gasteiger partial charge in [-0.2, -0.15) is 0 Å². The molecule has 1 aromatic carbocycles. The molecule has 1 heterocycles. The fourth-order valence-corrected chi connectivity index (χ4v) is 2.28. The Bertz CT molecular complexity index is 544. The van der Waals surface area contributed by atoms with Crippen molar-refractivity contribution in [1.82, 2.24) is 4.90 Å². The van der Waals surface area contributed by atoms with Gasteiger partial charge in [0.2, 0.25) is 5.75 Å². The van der Waals surface area contributed by atoms with Gasteiger partial charge in [0, 0.05) is 19.7 Å². The highest BCUT2D eigenvalue weighted by Crippen LogP contribution is 2.34. The minimum Gasteiger partial charge on any atom is -0.490 e. The lowest BCUT2D eigenvalue weighted by molar-refractivity contribution is -0.385. The lowest BCUT2D eigenvalue weighted by Gasteiger charge is -2.27. The number of ether oxygens (including phenoxy) is 1. The van der Waals surface area contributed by atoms with Crippen molar-refractivity contribution in [1.29, 1.82) is 0 Å². The molecular formula is C11H13BN2O4. The number of nitrogens with zero attached hydrogens (tertiary/aromatic N) is 2. The summed E-state index contributed by atoms with van der Waals surface area (Å²) in [5, 5.41) is 11.0. The molecule has 0 radical (unpaired) electrons. The van der Waals surface area contributed by atoms with Crippen molar-refractivity contribution in [3.8, 4) is 5.75 Å². The van der Waals surface area contributed by atoms with E-state index < -0.39 is 4.92 Å². The number of benzene rings is 1. The van der Waals surface area contributed by atoms with Crippen LogP contribution >= 0.6 is 0 Å². The normalized spacial score (nSPS) is 14.3. The van der Waals surface area contributed by atoms with Crippen LogP contribution < -0.4 is 10.2 Å². The van der Waals surface area contributed by atoms with Gasteiger partial charge in [-0.3, -0.25) is 14.9 Å². The van der Waals surface area contributed by atoms with Gasteiger partial charge in [-0.25, -0.2) is 0 Å². The van der Waals surface area contributed by atoms with E-state index in [0.29, 0.717) is 18.5 Å². The predicted molar refractivity (Wildman–Crippen MR) is 68.5 cm³/mol. The standard InChI is InChI=1S/C11H13BN2O4/c1-13-4-3-6-7(12)5-8(14(16)17)10(18-2)9(6)11(13)15/h5H,3-4,12H2,1-2H3. The minimum atomic E-state index is -0.520. The first kappa shape index (κ1) is 12.4. The maximum atomic E-state index is 12.1. The van der Waals surface area contributed by atoms with Crippen molar-refractivity contribution in [2.45, 2.75) is 6.42 Å². The van der Waals surface area contributed by atoms with E-state index in [9.17, 15) is 14.9 Å². The Morgan fingerprint density at radius 3 is 2.78 bits per heavy atom. The van der Waals surface area contributed by atoms with Crippen molar-refractivity contribution < 1.29 is 14.5 Å². The molecule has 0 saturated carbocycles. The fourth-order valence-electron chi connectivity index (χ4n) is 2.28. The van der Waals surface area contributed by atoms with E-state index in [-0.39, 0.29) is 17.3 Å². The number of rotatable bonds is 2. The zero-order valence-electron chi connectivity index (χ0n) is 10.5. The second-order valence-corrected chi connectivity index (χ2v) is 4.33. The third kappa shape index (κ3) is 1.71. The first-order chi connectivity index (χ1) is 8.47. The van der Waals surface area contributed by atoms with E-state index in [0.717, 1.165) is 11.0 Å². The molecule has 2 rings (SSSR count). The minimum absolute atomic E-state index is 0.0668. The Balaban J connectivity index is 2.76. The lowest BCUT2D eigenvalue weighted by atomic mass is 9.83. The van der Waals surface area contributed by atoms with Gasteiger partial charge in [0.25, 0.3) is 5.91 Å². The van der Waals surface area contributed by atoms with Crippen LogP contribution in [0.3, 0.4) is 0 Å². The molecule has 1 aromatic rings. The van der Waals surface area contributed by atoms with E-state index in [2.05, 4.69) is 0 Å². The van der Waals surface area contributed by atoms with Gasteiger partial charge in [-0.15, -0.1) is 0 Å². The average molecular weight is 248 g/mol. The molecule has 0 aliphatic carbocycles. The van der Waals surface area contributed by atoms with E-state index in [1.54, 1.807) is 19.8 Å². The number of hydrogen-bond acceptors (Lipinski definition) is 4. The Hall–Kier alpha value is -2.05. The molecule has 0 fully saturated rings. The zero-order chi connectivity index (χ0) is 13.4. The smallest absolute Gasteiger partial charge is 0.311 e. The molecule has 0 spiro atoms. The molecule has 0 aromatic heterocycles. The molecule has 0 saturated heterocycles. The van der Waals surface area contributed by atoms with Crippen LogP contribution in [0.25, 0.3) is 0 Å². The van der Waals surface area contributed by atoms with Gasteiger partial charge in [-0.1, -0.05) is 5.46 Å². The highest BCUT2D eigenvalue weighted by Gasteiger charge is 2.32. The molecule has 18 heavy (non-hydrogen) atoms. The number of nitro groups is 1. The molecule has 0 N–H and O–H groups in total. The molecular weight excluding hydrogens is 235 g/mol. The molecule has 6 nitrogen and oxygen atoms in total. The summed E-state index contributed by atoms with van der Waals surface area (Å²) < 4.78 is 5.09. The number of likely N-dealkylation sites (N-methyl/N-ethyl adjacent to an activating group) is 1. The summed E-state index contributed by atoms with van der Waals surface area (Å²) in [6.07, 6.45) is 0.692. The van der Waals surface area contributed by atoms with Crippen molar-refractivity contribution in [2.24, 2.45) is 0 Å². The highest BCUT2D eigenvalue weighted by atomic mass is 16.6. The van der Waals surface area contributed by atoms with Crippen LogP contribution in [0.2, 0.25) is 0 Å². The Kier molecular flexibility index (Phi) is 2.98. The van der Waals surface area contributed by atoms with E-state index in [1.807, 2.05) is 0 Å². The predicted octanol–water partition coefficient (Wildman–Crippen LogP) is -0.510. The molecule has 1 aliphatic rings. The van der Waals surface area contributed by atoms with E-state index in [4.69, 9.17) is 4.74 Å². The fraction of sp³-hybridized carbons (Fsp3) is 0.364. The number of hydrogen-bond donors (Lipinski definition) is 0. The summed E-state index contributed by atoms with van der Waals surface area (Å²) in [5.74, 6) is -0.156. The van der Waals surface area contributed by atoms with Crippen LogP contribution in [-0.4, -0.2) is 44.3 Å². The zero-order valence-corrected chi connectivity index (χ0v) is 10.5. The number of carbonyl (C=O) groups is 1. The SMILES string of the molecule is Bc1cc([N+](=O)[O-])c(OC)c2c1CCN(C)C2=O. The first-order valence-electron chi connectivity index (χ1n) is 5.57. The van der Waals surface area contributed by atoms with E-state index >= 15 is 0 Å². The summed E-state index contributed by atoms with van der Waals surface area (Å²) in [4.78, 5) is 24.2. The van der Waals surface area contributed by atoms with Gasteiger partial charge in [-0.05, 0) is 12.0 Å². The van der Waals surface area contributed by atoms with Crippen molar-refractivity contribution in [3.05, 3.63) is 27.3 Å². The number of carbonyl (C=O) groups excluding carboxylic acids is 1. The molecule has 1 amide bonds. The van der Waals surface area contributed by atoms with Crippen LogP contribution in [0.5, 0.6) is 5.75 Å². The Labute approximate surface area is 105 Å². The van der Waals surface area contributed by atoms with Gasteiger partial charge < -0.3 is 9.64 Å². The van der Waals surface area contributed by atoms with Crippen LogP contribution in [-0.2, 0) is 6.42 Å². The Morgan fingerprint density at radius 2 is 2.22 bits per heavy atom. The third-order valence-corrected chi connectivity index (χ3v) is 3.25. The summed E-state index contributed by atoms with van der Waals surface area (Å²) in [6.45, 7) is 0.619. The topological polar surface area (TPSA) is 72.7 Å². The average Bonchev–Trinajstić information content (AvgIpc) is 2.33. The summed E-state index contributed by atoms with van der Waals surface area (Å²) >= 11 is 0. The quantitative estimate of drug-likeness (QED) is 0.401. The number of nitro benzene ring substituents is 1. The van der Waals surface area contributed by atoms with E-state index in [1.165, 1.54) is 13.2 Å². The van der Waals surface area contributed by atoms with Gasteiger partial charge in [0.15, 0.2) is 0 Å². The second kappa shape index (κ2) is 4.32. The summed E-state index contributed by atoms with van der Waals surface area (Å²) in [7, 11) is 4.81. The molecule has 1 aliphatic heterocycles. The maximum absolute atomic E-state index is 12.1. The largest absolute Gasteiger partial charge is 0.490 e. The monoisotopic (exact) mass is 248 g/mol. The lowest BCUT2D eigenvalue weighted by Crippen LogP contribution is -2.37. The molecule has 0 atom stereocenters. The van der Waals surface area contributed by atoms with Gasteiger partial charge in [0.05, 0.1) is 17.6 Å². The second-order valence-electron chi connectivity index (χ2n) is 4.33. The molecule has 94 valence electrons. The third-order valence-electron chi connectivity index (χ3n) is 3.25. The van der Waals surface area contributed by atoms with Gasteiger partial charge >= 0.3 is 5.69 Å². The van der Waals surface area contributed by atoms with Crippen LogP contribution in [0.15, 0.2) is 6.07 Å². The van der Waals surface area contributed by atoms with Crippen molar-refractivity contribution >= 4 is 24.9 Å². The summed E-state index contributed by atoms with van der Waals surface area (Å²) in [5.41, 5.74) is 1.79. The number of fused-ring (bicyclic) bond motifs is 1. The Morgan fingerprint density at radius 1 is 1.56 bits per heavy atom. The number of methoxy groups -OCH3 is 1. The van der Waals surface area contributed by atoms with Crippen molar-refractivity contribution in [3.63, 3.8) is 0 Å². The molecule has 0 unspecified atom stereocenters. The van der Waals surface area contributed by atoms with Crippen LogP contribution in [0.4, 0.5) is 5.69 Å². The van der Waals surface area contributed by atoms with Gasteiger partial charge in [0.1, 0.15) is 7.85 Å². The maximum Gasteiger partial charge on any atom is 0.311 e. The molecule has 7 heteroatoms. The van der Waals surface area contributed by atoms with Crippen molar-refractivity contribution in [2.75, 3.05) is 20.7 Å². The van der Waals surface area contributed by atoms with Crippen LogP contribution in [0.1, 0.15) is 15.9 Å². The number of amides is 1. The van der Waals surface area contributed by atoms with Crippen LogP contribution in [0, 0.1) is 10.1 Å². The first-order valence-corrected chi connectivity index (χ1v) is 5.57. The highest BCUT2D eigenvalue weighted by molar-refractivity contribution is 6.34.